The van der Waals surface area contributed by atoms with Crippen molar-refractivity contribution in [3.8, 4) is 5.69 Å². The molecule has 7 heteroatoms. The number of fused-ring (bicyclic) bond motifs is 1. The first-order valence-electron chi connectivity index (χ1n) is 9.73. The summed E-state index contributed by atoms with van der Waals surface area (Å²) in [6.07, 6.45) is 3.32. The highest BCUT2D eigenvalue weighted by Gasteiger charge is 2.19. The third-order valence-corrected chi connectivity index (χ3v) is 6.69. The summed E-state index contributed by atoms with van der Waals surface area (Å²) in [5.41, 5.74) is 2.40. The molecule has 1 saturated heterocycles. The first kappa shape index (κ1) is 20.4. The van der Waals surface area contributed by atoms with Crippen LogP contribution < -0.4 is 5.56 Å². The maximum Gasteiger partial charge on any atom is 0.266 e. The molecule has 2 heterocycles. The van der Waals surface area contributed by atoms with Crippen LogP contribution in [0.15, 0.2) is 52.4 Å². The van der Waals surface area contributed by atoms with E-state index in [1.54, 1.807) is 4.57 Å². The number of amides is 1. The summed E-state index contributed by atoms with van der Waals surface area (Å²) < 4.78 is 2.63. The van der Waals surface area contributed by atoms with Gasteiger partial charge in [-0.05, 0) is 84.7 Å². The molecule has 0 atom stereocenters. The van der Waals surface area contributed by atoms with Crippen molar-refractivity contribution in [3.05, 3.63) is 62.0 Å². The topological polar surface area (TPSA) is 55.2 Å². The number of carbonyl (C=O) groups excluding carboxylic acids is 1. The molecule has 150 valence electrons. The largest absolute Gasteiger partial charge is 0.342 e. The van der Waals surface area contributed by atoms with Crippen molar-refractivity contribution < 1.29 is 4.79 Å². The molecule has 29 heavy (non-hydrogen) atoms. The van der Waals surface area contributed by atoms with Crippen molar-refractivity contribution in [2.24, 2.45) is 0 Å². The van der Waals surface area contributed by atoms with Crippen LogP contribution in [-0.4, -0.2) is 39.2 Å². The van der Waals surface area contributed by atoms with E-state index in [1.165, 1.54) is 18.2 Å². The van der Waals surface area contributed by atoms with Gasteiger partial charge in [-0.1, -0.05) is 23.9 Å². The Morgan fingerprint density at radius 3 is 2.69 bits per heavy atom. The van der Waals surface area contributed by atoms with E-state index in [4.69, 9.17) is 4.98 Å². The van der Waals surface area contributed by atoms with E-state index < -0.39 is 0 Å². The van der Waals surface area contributed by atoms with E-state index in [9.17, 15) is 9.59 Å². The van der Waals surface area contributed by atoms with E-state index in [-0.39, 0.29) is 17.2 Å². The minimum atomic E-state index is -0.105. The van der Waals surface area contributed by atoms with Crippen LogP contribution in [-0.2, 0) is 4.79 Å². The molecule has 1 amide bonds. The summed E-state index contributed by atoms with van der Waals surface area (Å²) in [5, 5.41) is 1.14. The number of aromatic nitrogens is 2. The first-order chi connectivity index (χ1) is 14.0. The predicted octanol–water partition coefficient (Wildman–Crippen LogP) is 4.40. The van der Waals surface area contributed by atoms with E-state index in [0.29, 0.717) is 16.1 Å². The lowest BCUT2D eigenvalue weighted by Crippen LogP contribution is -2.36. The lowest BCUT2D eigenvalue weighted by molar-refractivity contribution is -0.129. The van der Waals surface area contributed by atoms with Crippen LogP contribution in [0.25, 0.3) is 16.6 Å². The summed E-state index contributed by atoms with van der Waals surface area (Å²) in [5.74, 6) is 0.399. The van der Waals surface area contributed by atoms with E-state index in [2.05, 4.69) is 22.6 Å². The Labute approximate surface area is 187 Å². The summed E-state index contributed by atoms with van der Waals surface area (Å²) in [6.45, 7) is 3.65. The van der Waals surface area contributed by atoms with Crippen LogP contribution in [0.5, 0.6) is 0 Å². The van der Waals surface area contributed by atoms with Gasteiger partial charge in [0.2, 0.25) is 5.91 Å². The van der Waals surface area contributed by atoms with Crippen LogP contribution in [0.3, 0.4) is 0 Å². The van der Waals surface area contributed by atoms with Crippen LogP contribution in [0.4, 0.5) is 0 Å². The number of likely N-dealkylation sites (tertiary alicyclic amines) is 1. The molecule has 1 aliphatic heterocycles. The van der Waals surface area contributed by atoms with Gasteiger partial charge in [-0.2, -0.15) is 0 Å². The lowest BCUT2D eigenvalue weighted by Gasteiger charge is -2.26. The van der Waals surface area contributed by atoms with E-state index in [0.717, 1.165) is 40.8 Å². The van der Waals surface area contributed by atoms with Gasteiger partial charge in [0.1, 0.15) is 0 Å². The maximum atomic E-state index is 13.4. The Bertz CT molecular complexity index is 1120. The monoisotopic (exact) mass is 519 g/mol. The summed E-state index contributed by atoms with van der Waals surface area (Å²) in [6, 6.07) is 13.5. The van der Waals surface area contributed by atoms with Crippen molar-refractivity contribution >= 4 is 51.2 Å². The predicted molar refractivity (Wildman–Crippen MR) is 126 cm³/mol. The standard InChI is InChI=1S/C22H22IN3O2S/c1-15-6-5-7-17(12-15)26-21(28)18-13-16(23)8-9-19(18)24-22(26)29-14-20(27)25-10-3-2-4-11-25/h5-9,12-13H,2-4,10-11,14H2,1H3. The molecule has 0 aliphatic carbocycles. The molecule has 1 aromatic heterocycles. The van der Waals surface area contributed by atoms with Crippen molar-refractivity contribution in [2.75, 3.05) is 18.8 Å². The number of nitrogens with zero attached hydrogens (tertiary/aromatic N) is 3. The number of halogens is 1. The number of thioether (sulfide) groups is 1. The molecule has 1 fully saturated rings. The van der Waals surface area contributed by atoms with Crippen LogP contribution >= 0.6 is 34.4 Å². The van der Waals surface area contributed by atoms with Gasteiger partial charge < -0.3 is 4.90 Å². The number of aryl methyl sites for hydroxylation is 1. The average Bonchev–Trinajstić information content (AvgIpc) is 2.73. The number of hydrogen-bond acceptors (Lipinski definition) is 4. The van der Waals surface area contributed by atoms with Gasteiger partial charge in [0.25, 0.3) is 5.56 Å². The Morgan fingerprint density at radius 1 is 1.14 bits per heavy atom. The zero-order chi connectivity index (χ0) is 20.4. The first-order valence-corrected chi connectivity index (χ1v) is 11.8. The molecule has 0 N–H and O–H groups in total. The van der Waals surface area contributed by atoms with E-state index in [1.807, 2.05) is 54.3 Å². The number of benzene rings is 2. The van der Waals surface area contributed by atoms with Gasteiger partial charge in [0, 0.05) is 16.7 Å². The molecule has 0 spiro atoms. The average molecular weight is 519 g/mol. The SMILES string of the molecule is Cc1cccc(-n2c(SCC(=O)N3CCCCC3)nc3ccc(I)cc3c2=O)c1. The summed E-state index contributed by atoms with van der Waals surface area (Å²) in [4.78, 5) is 32.7. The minimum absolute atomic E-state index is 0.105. The molecule has 0 unspecified atom stereocenters. The van der Waals surface area contributed by atoms with E-state index >= 15 is 0 Å². The third kappa shape index (κ3) is 4.50. The molecular weight excluding hydrogens is 497 g/mol. The minimum Gasteiger partial charge on any atom is -0.342 e. The third-order valence-electron chi connectivity index (χ3n) is 5.09. The van der Waals surface area contributed by atoms with Gasteiger partial charge in [0.15, 0.2) is 5.16 Å². The zero-order valence-electron chi connectivity index (χ0n) is 16.2. The summed E-state index contributed by atoms with van der Waals surface area (Å²) in [7, 11) is 0. The maximum absolute atomic E-state index is 13.4. The molecule has 5 nitrogen and oxygen atoms in total. The van der Waals surface area contributed by atoms with Gasteiger partial charge in [0.05, 0.1) is 22.3 Å². The van der Waals surface area contributed by atoms with Crippen molar-refractivity contribution in [3.63, 3.8) is 0 Å². The fraction of sp³-hybridized carbons (Fsp3) is 0.318. The van der Waals surface area contributed by atoms with Crippen LogP contribution in [0.2, 0.25) is 0 Å². The van der Waals surface area contributed by atoms with Crippen molar-refractivity contribution in [2.45, 2.75) is 31.3 Å². The second kappa shape index (κ2) is 8.87. The highest BCUT2D eigenvalue weighted by Crippen LogP contribution is 2.23. The fourth-order valence-electron chi connectivity index (χ4n) is 3.59. The molecule has 2 aromatic carbocycles. The molecule has 1 aliphatic rings. The Kier molecular flexibility index (Phi) is 6.24. The quantitative estimate of drug-likeness (QED) is 0.291. The second-order valence-corrected chi connectivity index (χ2v) is 9.45. The molecular formula is C22H22IN3O2S. The molecule has 0 saturated carbocycles. The second-order valence-electron chi connectivity index (χ2n) is 7.27. The van der Waals surface area contributed by atoms with Gasteiger partial charge >= 0.3 is 0 Å². The van der Waals surface area contributed by atoms with Crippen LogP contribution in [0.1, 0.15) is 24.8 Å². The molecule has 3 aromatic rings. The lowest BCUT2D eigenvalue weighted by atomic mass is 10.1. The van der Waals surface area contributed by atoms with Gasteiger partial charge in [-0.3, -0.25) is 14.2 Å². The summed E-state index contributed by atoms with van der Waals surface area (Å²) >= 11 is 3.55. The molecule has 4 rings (SSSR count). The van der Waals surface area contributed by atoms with Gasteiger partial charge in [-0.25, -0.2) is 4.98 Å². The number of hydrogen-bond donors (Lipinski definition) is 0. The number of piperidine rings is 1. The van der Waals surface area contributed by atoms with Crippen molar-refractivity contribution in [1.82, 2.24) is 14.5 Å². The normalized spacial score (nSPS) is 14.3. The van der Waals surface area contributed by atoms with Gasteiger partial charge in [-0.15, -0.1) is 0 Å². The zero-order valence-corrected chi connectivity index (χ0v) is 19.2. The molecule has 0 bridgehead atoms. The van der Waals surface area contributed by atoms with Crippen molar-refractivity contribution in [1.29, 1.82) is 0 Å². The highest BCUT2D eigenvalue weighted by atomic mass is 127. The fourth-order valence-corrected chi connectivity index (χ4v) is 5.00. The Morgan fingerprint density at radius 2 is 1.93 bits per heavy atom. The number of rotatable bonds is 4. The molecule has 0 radical (unpaired) electrons. The Balaban J connectivity index is 1.75. The smallest absolute Gasteiger partial charge is 0.266 e. The number of carbonyl (C=O) groups is 1. The highest BCUT2D eigenvalue weighted by molar-refractivity contribution is 14.1. The van der Waals surface area contributed by atoms with Crippen LogP contribution in [0, 0.1) is 10.5 Å². The Hall–Kier alpha value is -1.87.